The van der Waals surface area contributed by atoms with Gasteiger partial charge in [-0.2, -0.15) is 0 Å². The number of amides is 1. The monoisotopic (exact) mass is 727 g/mol. The van der Waals surface area contributed by atoms with Crippen molar-refractivity contribution >= 4 is 59.5 Å². The van der Waals surface area contributed by atoms with E-state index in [4.69, 9.17) is 4.74 Å². The molecule has 7 aromatic carbocycles. The number of benzene rings is 7. The maximum atomic E-state index is 14.4. The van der Waals surface area contributed by atoms with E-state index in [0.29, 0.717) is 11.1 Å². The van der Waals surface area contributed by atoms with Crippen LogP contribution in [0.25, 0.3) is 0 Å². The SMILES string of the molecule is C[C@H](NC(=O)c1ccccc1P(c1ccccc1)c1ccccc1)[C@@H](OC(=O)c1ccccc1P(c1ccccc1)c1ccccc1)c1ccccc1. The van der Waals surface area contributed by atoms with Gasteiger partial charge in [0.1, 0.15) is 6.10 Å². The zero-order valence-electron chi connectivity index (χ0n) is 29.3. The van der Waals surface area contributed by atoms with E-state index in [0.717, 1.165) is 37.4 Å². The second-order valence-corrected chi connectivity index (χ2v) is 16.9. The van der Waals surface area contributed by atoms with E-state index in [9.17, 15) is 9.59 Å². The normalized spacial score (nSPS) is 12.2. The van der Waals surface area contributed by atoms with E-state index >= 15 is 0 Å². The second kappa shape index (κ2) is 17.2. The van der Waals surface area contributed by atoms with E-state index in [1.54, 1.807) is 0 Å². The first-order valence-corrected chi connectivity index (χ1v) is 20.3. The summed E-state index contributed by atoms with van der Waals surface area (Å²) < 4.78 is 6.46. The highest BCUT2D eigenvalue weighted by molar-refractivity contribution is 7.80. The Balaban J connectivity index is 1.21. The standard InChI is InChI=1S/C47H39NO3P2/c1-35(48-46(49)41-31-17-19-33-43(41)52(37-23-9-3-10-24-37)38-25-11-4-12-26-38)45(36-21-7-2-8-22-36)51-47(50)42-32-18-20-34-44(42)53(39-27-13-5-14-28-39)40-29-15-6-16-30-40/h2-35,45H,1H3,(H,48,49)/t35-,45+/m0/s1. The topological polar surface area (TPSA) is 55.4 Å². The van der Waals surface area contributed by atoms with Crippen molar-refractivity contribution < 1.29 is 14.3 Å². The van der Waals surface area contributed by atoms with Crippen LogP contribution < -0.4 is 37.1 Å². The zero-order valence-corrected chi connectivity index (χ0v) is 31.1. The number of nitrogens with one attached hydrogen (secondary N) is 1. The molecule has 0 saturated carbocycles. The van der Waals surface area contributed by atoms with Gasteiger partial charge in [-0.05, 0) is 72.3 Å². The van der Waals surface area contributed by atoms with Gasteiger partial charge in [-0.25, -0.2) is 4.79 Å². The highest BCUT2D eigenvalue weighted by atomic mass is 31.1. The number of carbonyl (C=O) groups excluding carboxylic acids is 2. The lowest BCUT2D eigenvalue weighted by Crippen LogP contribution is -2.41. The summed E-state index contributed by atoms with van der Waals surface area (Å²) in [6.07, 6.45) is -0.752. The molecule has 0 aromatic heterocycles. The lowest BCUT2D eigenvalue weighted by atomic mass is 10.0. The molecule has 0 radical (unpaired) electrons. The van der Waals surface area contributed by atoms with Crippen LogP contribution in [0.4, 0.5) is 0 Å². The van der Waals surface area contributed by atoms with E-state index in [1.165, 1.54) is 0 Å². The van der Waals surface area contributed by atoms with Crippen molar-refractivity contribution in [2.45, 2.75) is 19.1 Å². The summed E-state index contributed by atoms with van der Waals surface area (Å²) >= 11 is 0. The fourth-order valence-electron chi connectivity index (χ4n) is 6.51. The van der Waals surface area contributed by atoms with Gasteiger partial charge in [-0.1, -0.05) is 188 Å². The molecular formula is C47H39NO3P2. The Hall–Kier alpha value is -5.66. The van der Waals surface area contributed by atoms with Gasteiger partial charge in [0, 0.05) is 5.56 Å². The smallest absolute Gasteiger partial charge is 0.339 e. The van der Waals surface area contributed by atoms with Crippen molar-refractivity contribution in [2.75, 3.05) is 0 Å². The van der Waals surface area contributed by atoms with E-state index in [-0.39, 0.29) is 5.91 Å². The van der Waals surface area contributed by atoms with E-state index in [2.05, 4.69) is 59.9 Å². The fraction of sp³-hybridized carbons (Fsp3) is 0.0638. The quantitative estimate of drug-likeness (QED) is 0.103. The molecule has 2 atom stereocenters. The molecule has 0 aliphatic carbocycles. The molecule has 0 unspecified atom stereocenters. The summed E-state index contributed by atoms with van der Waals surface area (Å²) in [4.78, 5) is 28.8. The molecule has 0 aliphatic heterocycles. The average Bonchev–Trinajstić information content (AvgIpc) is 3.22. The number of rotatable bonds is 12. The summed E-state index contributed by atoms with van der Waals surface area (Å²) in [6.45, 7) is 1.90. The van der Waals surface area contributed by atoms with Crippen molar-refractivity contribution in [2.24, 2.45) is 0 Å². The number of hydrogen-bond donors (Lipinski definition) is 1. The van der Waals surface area contributed by atoms with Crippen molar-refractivity contribution in [1.82, 2.24) is 5.32 Å². The Bertz CT molecular complexity index is 2170. The number of esters is 1. The second-order valence-electron chi connectivity index (χ2n) is 12.5. The molecule has 0 bridgehead atoms. The van der Waals surface area contributed by atoms with Crippen molar-refractivity contribution in [1.29, 1.82) is 0 Å². The maximum Gasteiger partial charge on any atom is 0.339 e. The van der Waals surface area contributed by atoms with Gasteiger partial charge in [0.15, 0.2) is 0 Å². The molecule has 6 heteroatoms. The van der Waals surface area contributed by atoms with E-state index < -0.39 is 34.0 Å². The Morgan fingerprint density at radius 3 is 1.23 bits per heavy atom. The largest absolute Gasteiger partial charge is 0.452 e. The summed E-state index contributed by atoms with van der Waals surface area (Å²) in [5.74, 6) is -0.659. The van der Waals surface area contributed by atoms with Gasteiger partial charge >= 0.3 is 5.97 Å². The molecule has 260 valence electrons. The molecule has 0 aliphatic rings. The Morgan fingerprint density at radius 2 is 0.792 bits per heavy atom. The third-order valence-electron chi connectivity index (χ3n) is 8.99. The molecule has 0 spiro atoms. The molecule has 7 aromatic rings. The minimum Gasteiger partial charge on any atom is -0.452 e. The molecular weight excluding hydrogens is 688 g/mol. The first-order chi connectivity index (χ1) is 26.1. The minimum atomic E-state index is -1.06. The third-order valence-corrected chi connectivity index (χ3v) is 14.0. The van der Waals surface area contributed by atoms with Crippen molar-refractivity contribution in [3.05, 3.63) is 217 Å². The van der Waals surface area contributed by atoms with Crippen LogP contribution in [0.1, 0.15) is 39.3 Å². The van der Waals surface area contributed by atoms with Crippen LogP contribution in [-0.2, 0) is 4.74 Å². The number of carbonyl (C=O) groups is 2. The molecule has 0 heterocycles. The lowest BCUT2D eigenvalue weighted by Gasteiger charge is -2.28. The number of ether oxygens (including phenoxy) is 1. The van der Waals surface area contributed by atoms with Gasteiger partial charge in [-0.3, -0.25) is 4.79 Å². The van der Waals surface area contributed by atoms with Crippen molar-refractivity contribution in [3.63, 3.8) is 0 Å². The molecule has 1 amide bonds. The zero-order chi connectivity index (χ0) is 36.4. The Kier molecular flexibility index (Phi) is 11.6. The van der Waals surface area contributed by atoms with Crippen LogP contribution in [0.15, 0.2) is 200 Å². The maximum absolute atomic E-state index is 14.4. The summed E-state index contributed by atoms with van der Waals surface area (Å²) in [6, 6.07) is 65.9. The summed E-state index contributed by atoms with van der Waals surface area (Å²) in [5.41, 5.74) is 1.90. The van der Waals surface area contributed by atoms with Crippen LogP contribution in [0.2, 0.25) is 0 Å². The first kappa shape index (κ1) is 35.7. The van der Waals surface area contributed by atoms with E-state index in [1.807, 2.05) is 153 Å². The van der Waals surface area contributed by atoms with Crippen LogP contribution >= 0.6 is 15.8 Å². The molecule has 4 nitrogen and oxygen atoms in total. The van der Waals surface area contributed by atoms with Crippen molar-refractivity contribution in [3.8, 4) is 0 Å². The fourth-order valence-corrected chi connectivity index (χ4v) is 11.4. The molecule has 53 heavy (non-hydrogen) atoms. The Morgan fingerprint density at radius 1 is 0.453 bits per heavy atom. The minimum absolute atomic E-state index is 0.221. The van der Waals surface area contributed by atoms with Crippen LogP contribution in [0.5, 0.6) is 0 Å². The predicted octanol–water partition coefficient (Wildman–Crippen LogP) is 7.92. The molecule has 0 saturated heterocycles. The predicted molar refractivity (Wildman–Crippen MR) is 222 cm³/mol. The average molecular weight is 728 g/mol. The number of hydrogen-bond acceptors (Lipinski definition) is 3. The highest BCUT2D eigenvalue weighted by Crippen LogP contribution is 2.36. The molecule has 1 N–H and O–H groups in total. The molecule has 7 rings (SSSR count). The first-order valence-electron chi connectivity index (χ1n) is 17.6. The summed E-state index contributed by atoms with van der Waals surface area (Å²) in [5, 5.41) is 9.70. The van der Waals surface area contributed by atoms with Gasteiger partial charge in [0.2, 0.25) is 0 Å². The summed E-state index contributed by atoms with van der Waals surface area (Å²) in [7, 11) is -2.08. The van der Waals surface area contributed by atoms with Gasteiger partial charge in [0.25, 0.3) is 5.91 Å². The van der Waals surface area contributed by atoms with Gasteiger partial charge < -0.3 is 10.1 Å². The van der Waals surface area contributed by atoms with Crippen LogP contribution in [0, 0.1) is 0 Å². The van der Waals surface area contributed by atoms with Gasteiger partial charge in [0.05, 0.1) is 11.6 Å². The Labute approximate surface area is 314 Å². The lowest BCUT2D eigenvalue weighted by molar-refractivity contribution is 0.0209. The highest BCUT2D eigenvalue weighted by Gasteiger charge is 2.30. The van der Waals surface area contributed by atoms with Crippen LogP contribution in [0.3, 0.4) is 0 Å². The van der Waals surface area contributed by atoms with Crippen LogP contribution in [-0.4, -0.2) is 17.9 Å². The molecule has 0 fully saturated rings. The van der Waals surface area contributed by atoms with Gasteiger partial charge in [-0.15, -0.1) is 0 Å². The third kappa shape index (κ3) is 8.37.